The van der Waals surface area contributed by atoms with E-state index in [9.17, 15) is 0 Å². The number of rotatable bonds is 0. The smallest absolute Gasteiger partial charge is 0.114 e. The highest BCUT2D eigenvalue weighted by Crippen LogP contribution is 2.14. The maximum Gasteiger partial charge on any atom is 0.114 e. The molecule has 1 aromatic carbocycles. The van der Waals surface area contributed by atoms with Crippen LogP contribution in [0.25, 0.3) is 11.0 Å². The monoisotopic (exact) mass is 197 g/mol. The van der Waals surface area contributed by atoms with Gasteiger partial charge in [0.05, 0.1) is 5.52 Å². The molecule has 0 unspecified atom stereocenters. The third-order valence-electron chi connectivity index (χ3n) is 1.29. The van der Waals surface area contributed by atoms with Crippen molar-refractivity contribution in [2.24, 2.45) is 0 Å². The molecule has 10 heavy (non-hydrogen) atoms. The van der Waals surface area contributed by atoms with Crippen molar-refractivity contribution in [2.75, 3.05) is 0 Å². The van der Waals surface area contributed by atoms with Gasteiger partial charge in [0.15, 0.2) is 0 Å². The maximum absolute atomic E-state index is 3.84. The van der Waals surface area contributed by atoms with E-state index in [1.54, 1.807) is 0 Å². The number of hydrogen-bond donors (Lipinski definition) is 1. The van der Waals surface area contributed by atoms with E-state index in [0.29, 0.717) is 0 Å². The van der Waals surface area contributed by atoms with E-state index in [-0.39, 0.29) is 0 Å². The fourth-order valence-electron chi connectivity index (χ4n) is 0.815. The molecule has 0 aliphatic rings. The molecule has 2 rings (SSSR count). The van der Waals surface area contributed by atoms with Crippen LogP contribution >= 0.6 is 15.9 Å². The number of benzene rings is 1. The number of H-pyrrole nitrogens is 1. The van der Waals surface area contributed by atoms with Crippen LogP contribution in [0.1, 0.15) is 0 Å². The van der Waals surface area contributed by atoms with Crippen molar-refractivity contribution in [3.63, 3.8) is 0 Å². The molecule has 1 N–H and O–H groups in total. The molecule has 4 heteroatoms. The molecule has 0 spiro atoms. The number of aromatic amines is 1. The summed E-state index contributed by atoms with van der Waals surface area (Å²) >= 11 is 3.34. The van der Waals surface area contributed by atoms with E-state index in [1.165, 1.54) is 0 Å². The van der Waals surface area contributed by atoms with Crippen molar-refractivity contribution in [2.45, 2.75) is 0 Å². The highest BCUT2D eigenvalue weighted by Gasteiger charge is 1.94. The van der Waals surface area contributed by atoms with Crippen molar-refractivity contribution in [3.05, 3.63) is 22.7 Å². The van der Waals surface area contributed by atoms with Gasteiger partial charge in [-0.25, -0.2) is 0 Å². The minimum atomic E-state index is 0.884. The molecule has 0 amide bonds. The highest BCUT2D eigenvalue weighted by atomic mass is 79.9. The van der Waals surface area contributed by atoms with Crippen LogP contribution < -0.4 is 0 Å². The number of nitrogens with one attached hydrogen (secondary N) is 1. The number of aromatic nitrogens is 3. The Kier molecular flexibility index (Phi) is 1.20. The van der Waals surface area contributed by atoms with E-state index < -0.39 is 0 Å². The number of hydrogen-bond acceptors (Lipinski definition) is 2. The second-order valence-corrected chi connectivity index (χ2v) is 2.89. The SMILES string of the molecule is Brc1ccc2[nH]nnc2c1. The zero-order chi connectivity index (χ0) is 6.97. The Morgan fingerprint density at radius 3 is 3.20 bits per heavy atom. The van der Waals surface area contributed by atoms with Gasteiger partial charge in [0, 0.05) is 4.47 Å². The first-order valence-electron chi connectivity index (χ1n) is 2.82. The maximum atomic E-state index is 3.84. The second-order valence-electron chi connectivity index (χ2n) is 1.97. The largest absolute Gasteiger partial charge is 0.258 e. The van der Waals surface area contributed by atoms with Crippen LogP contribution in [0.5, 0.6) is 0 Å². The van der Waals surface area contributed by atoms with Crippen LogP contribution in [-0.4, -0.2) is 15.4 Å². The Balaban J connectivity index is 2.86. The van der Waals surface area contributed by atoms with Gasteiger partial charge in [-0.1, -0.05) is 21.1 Å². The molecule has 0 saturated heterocycles. The van der Waals surface area contributed by atoms with Crippen LogP contribution in [0.15, 0.2) is 22.7 Å². The van der Waals surface area contributed by atoms with E-state index in [4.69, 9.17) is 0 Å². The summed E-state index contributed by atoms with van der Waals surface area (Å²) in [4.78, 5) is 0. The van der Waals surface area contributed by atoms with Crippen molar-refractivity contribution in [3.8, 4) is 0 Å². The van der Waals surface area contributed by atoms with Gasteiger partial charge in [-0.2, -0.15) is 0 Å². The average Bonchev–Trinajstić information content (AvgIpc) is 2.33. The second kappa shape index (κ2) is 2.05. The minimum absolute atomic E-state index is 0.884. The quantitative estimate of drug-likeness (QED) is 0.700. The highest BCUT2D eigenvalue weighted by molar-refractivity contribution is 9.10. The fourth-order valence-corrected chi connectivity index (χ4v) is 1.16. The molecule has 50 valence electrons. The first kappa shape index (κ1) is 5.85. The summed E-state index contributed by atoms with van der Waals surface area (Å²) < 4.78 is 1.02. The summed E-state index contributed by atoms with van der Waals surface area (Å²) in [6, 6.07) is 5.79. The topological polar surface area (TPSA) is 41.6 Å². The van der Waals surface area contributed by atoms with Crippen molar-refractivity contribution < 1.29 is 0 Å². The third kappa shape index (κ3) is 0.806. The van der Waals surface area contributed by atoms with Crippen molar-refractivity contribution in [1.29, 1.82) is 0 Å². The van der Waals surface area contributed by atoms with Gasteiger partial charge in [0.1, 0.15) is 5.52 Å². The van der Waals surface area contributed by atoms with Crippen LogP contribution in [0.3, 0.4) is 0 Å². The zero-order valence-electron chi connectivity index (χ0n) is 5.00. The molecule has 0 aliphatic heterocycles. The van der Waals surface area contributed by atoms with E-state index in [0.717, 1.165) is 15.5 Å². The molecule has 0 fully saturated rings. The first-order chi connectivity index (χ1) is 4.86. The van der Waals surface area contributed by atoms with Gasteiger partial charge in [-0.3, -0.25) is 5.10 Å². The number of fused-ring (bicyclic) bond motifs is 1. The fraction of sp³-hybridized carbons (Fsp3) is 0. The summed E-state index contributed by atoms with van der Waals surface area (Å²) in [7, 11) is 0. The lowest BCUT2D eigenvalue weighted by molar-refractivity contribution is 0.959. The number of nitrogens with zero attached hydrogens (tertiary/aromatic N) is 2. The molecule has 1 heterocycles. The lowest BCUT2D eigenvalue weighted by Crippen LogP contribution is -1.67. The molecular formula is C6H4BrN3. The van der Waals surface area contributed by atoms with Gasteiger partial charge in [-0.05, 0) is 18.2 Å². The first-order valence-corrected chi connectivity index (χ1v) is 3.62. The van der Waals surface area contributed by atoms with Crippen LogP contribution in [0.4, 0.5) is 0 Å². The normalized spacial score (nSPS) is 10.5. The van der Waals surface area contributed by atoms with Gasteiger partial charge in [0.2, 0.25) is 0 Å². The van der Waals surface area contributed by atoms with Gasteiger partial charge < -0.3 is 0 Å². The van der Waals surface area contributed by atoms with Crippen LogP contribution in [0.2, 0.25) is 0 Å². The van der Waals surface area contributed by atoms with Gasteiger partial charge in [-0.15, -0.1) is 5.10 Å². The molecule has 2 aromatic rings. The molecule has 0 saturated carbocycles. The molecule has 0 atom stereocenters. The standard InChI is InChI=1S/C6H4BrN3/c7-4-1-2-5-6(3-4)9-10-8-5/h1-3H,(H,8,9,10). The molecule has 1 aromatic heterocycles. The summed E-state index contributed by atoms with van der Waals surface area (Å²) in [6.07, 6.45) is 0. The van der Waals surface area contributed by atoms with E-state index in [1.807, 2.05) is 18.2 Å². The Morgan fingerprint density at radius 1 is 1.40 bits per heavy atom. The third-order valence-corrected chi connectivity index (χ3v) is 1.78. The Bertz CT molecular complexity index is 355. The average molecular weight is 198 g/mol. The van der Waals surface area contributed by atoms with E-state index in [2.05, 4.69) is 31.3 Å². The molecule has 0 aliphatic carbocycles. The Hall–Kier alpha value is -0.900. The van der Waals surface area contributed by atoms with E-state index >= 15 is 0 Å². The van der Waals surface area contributed by atoms with Crippen LogP contribution in [-0.2, 0) is 0 Å². The molecule has 0 radical (unpaired) electrons. The lowest BCUT2D eigenvalue weighted by atomic mass is 10.3. The summed E-state index contributed by atoms with van der Waals surface area (Å²) in [5, 5.41) is 10.3. The Morgan fingerprint density at radius 2 is 2.30 bits per heavy atom. The molecular weight excluding hydrogens is 194 g/mol. The minimum Gasteiger partial charge on any atom is -0.258 e. The van der Waals surface area contributed by atoms with Crippen molar-refractivity contribution in [1.82, 2.24) is 15.4 Å². The van der Waals surface area contributed by atoms with Crippen LogP contribution in [0, 0.1) is 0 Å². The van der Waals surface area contributed by atoms with Crippen molar-refractivity contribution >= 4 is 27.0 Å². The summed E-state index contributed by atoms with van der Waals surface area (Å²) in [5.41, 5.74) is 1.84. The molecule has 3 nitrogen and oxygen atoms in total. The predicted octanol–water partition coefficient (Wildman–Crippen LogP) is 1.72. The Labute approximate surface area is 65.6 Å². The number of halogens is 1. The summed E-state index contributed by atoms with van der Waals surface area (Å²) in [6.45, 7) is 0. The zero-order valence-corrected chi connectivity index (χ0v) is 6.59. The van der Waals surface area contributed by atoms with Gasteiger partial charge >= 0.3 is 0 Å². The predicted molar refractivity (Wildman–Crippen MR) is 41.6 cm³/mol. The molecule has 0 bridgehead atoms. The van der Waals surface area contributed by atoms with Gasteiger partial charge in [0.25, 0.3) is 0 Å². The summed E-state index contributed by atoms with van der Waals surface area (Å²) in [5.74, 6) is 0. The lowest BCUT2D eigenvalue weighted by Gasteiger charge is -1.85.